The maximum atomic E-state index is 5.75. The molecule has 0 spiro atoms. The van der Waals surface area contributed by atoms with Gasteiger partial charge < -0.3 is 10.2 Å². The van der Waals surface area contributed by atoms with E-state index >= 15 is 0 Å². The first-order valence-corrected chi connectivity index (χ1v) is 5.72. The fraction of sp³-hybridized carbons (Fsp3) is 0.286. The van der Waals surface area contributed by atoms with Gasteiger partial charge >= 0.3 is 0 Å². The van der Waals surface area contributed by atoms with Crippen LogP contribution in [-0.4, -0.2) is 11.9 Å². The van der Waals surface area contributed by atoms with Crippen molar-refractivity contribution >= 4 is 5.69 Å². The predicted octanol–water partition coefficient (Wildman–Crippen LogP) is 2.80. The van der Waals surface area contributed by atoms with Crippen molar-refractivity contribution in [3.63, 3.8) is 0 Å². The number of benzene rings is 1. The van der Waals surface area contributed by atoms with Crippen LogP contribution in [0, 0.1) is 6.92 Å². The Balaban J connectivity index is 1.95. The van der Waals surface area contributed by atoms with Crippen LogP contribution in [0.15, 0.2) is 40.8 Å². The molecule has 90 valence electrons. The van der Waals surface area contributed by atoms with Gasteiger partial charge in [-0.1, -0.05) is 12.1 Å². The normalized spacial score (nSPS) is 11.0. The summed E-state index contributed by atoms with van der Waals surface area (Å²) >= 11 is 0. The van der Waals surface area contributed by atoms with Crippen LogP contribution < -0.4 is 5.73 Å². The molecule has 2 aromatic rings. The molecule has 0 saturated heterocycles. The molecule has 0 aliphatic rings. The number of hydrogen-bond acceptors (Lipinski definition) is 3. The number of nitrogen functional groups attached to an aromatic ring is 1. The molecular weight excluding hydrogens is 212 g/mol. The minimum Gasteiger partial charge on any atom is -0.465 e. The Hall–Kier alpha value is -1.74. The molecule has 3 nitrogen and oxygen atoms in total. The van der Waals surface area contributed by atoms with Crippen molar-refractivity contribution in [2.45, 2.75) is 20.0 Å². The summed E-state index contributed by atoms with van der Waals surface area (Å²) < 4.78 is 5.55. The molecule has 0 radical (unpaired) electrons. The Kier molecular flexibility index (Phi) is 3.49. The zero-order valence-corrected chi connectivity index (χ0v) is 10.3. The molecule has 0 fully saturated rings. The quantitative estimate of drug-likeness (QED) is 0.821. The maximum absolute atomic E-state index is 5.75. The smallest absolute Gasteiger partial charge is 0.118 e. The molecule has 0 atom stereocenters. The number of aryl methyl sites for hydroxylation is 1. The van der Waals surface area contributed by atoms with Gasteiger partial charge in [-0.05, 0) is 43.8 Å². The van der Waals surface area contributed by atoms with Crippen molar-refractivity contribution in [3.05, 3.63) is 53.5 Å². The van der Waals surface area contributed by atoms with Gasteiger partial charge in [-0.15, -0.1) is 0 Å². The number of hydrogen-bond donors (Lipinski definition) is 1. The van der Waals surface area contributed by atoms with E-state index in [9.17, 15) is 0 Å². The second-order valence-corrected chi connectivity index (χ2v) is 4.43. The zero-order chi connectivity index (χ0) is 12.3. The van der Waals surface area contributed by atoms with E-state index in [1.165, 1.54) is 5.56 Å². The third-order valence-electron chi connectivity index (χ3n) is 2.63. The standard InChI is InChI=1S/C14H18N2O/c1-11-6-7-14(17-11)10-16(2)9-12-4-3-5-13(15)8-12/h3-8H,9-10,15H2,1-2H3. The van der Waals surface area contributed by atoms with E-state index in [0.29, 0.717) is 0 Å². The molecule has 0 saturated carbocycles. The van der Waals surface area contributed by atoms with E-state index in [1.807, 2.05) is 37.3 Å². The van der Waals surface area contributed by atoms with Crippen LogP contribution in [0.2, 0.25) is 0 Å². The average molecular weight is 230 g/mol. The second kappa shape index (κ2) is 5.06. The van der Waals surface area contributed by atoms with Gasteiger partial charge in [0, 0.05) is 12.2 Å². The van der Waals surface area contributed by atoms with Gasteiger partial charge in [0.1, 0.15) is 11.5 Å². The summed E-state index contributed by atoms with van der Waals surface area (Å²) in [5.41, 5.74) is 7.78. The highest BCUT2D eigenvalue weighted by Crippen LogP contribution is 2.12. The molecule has 1 aromatic heterocycles. The fourth-order valence-electron chi connectivity index (χ4n) is 1.90. The molecule has 0 bridgehead atoms. The van der Waals surface area contributed by atoms with E-state index in [0.717, 1.165) is 30.3 Å². The molecule has 17 heavy (non-hydrogen) atoms. The highest BCUT2D eigenvalue weighted by Gasteiger charge is 2.04. The lowest BCUT2D eigenvalue weighted by Crippen LogP contribution is -2.16. The minimum absolute atomic E-state index is 0.808. The van der Waals surface area contributed by atoms with Crippen LogP contribution in [0.1, 0.15) is 17.1 Å². The second-order valence-electron chi connectivity index (χ2n) is 4.43. The molecule has 2 rings (SSSR count). The SMILES string of the molecule is Cc1ccc(CN(C)Cc2cccc(N)c2)o1. The lowest BCUT2D eigenvalue weighted by Gasteiger charge is -2.15. The van der Waals surface area contributed by atoms with Crippen molar-refractivity contribution in [2.24, 2.45) is 0 Å². The van der Waals surface area contributed by atoms with E-state index in [1.54, 1.807) is 0 Å². The molecule has 1 heterocycles. The van der Waals surface area contributed by atoms with E-state index in [2.05, 4.69) is 18.0 Å². The highest BCUT2D eigenvalue weighted by molar-refractivity contribution is 5.40. The Bertz CT molecular complexity index is 490. The topological polar surface area (TPSA) is 42.4 Å². The van der Waals surface area contributed by atoms with Gasteiger partial charge in [0.05, 0.1) is 6.54 Å². The lowest BCUT2D eigenvalue weighted by atomic mass is 10.2. The number of nitrogens with zero attached hydrogens (tertiary/aromatic N) is 1. The van der Waals surface area contributed by atoms with Gasteiger partial charge in [0.15, 0.2) is 0 Å². The number of rotatable bonds is 4. The first-order valence-electron chi connectivity index (χ1n) is 5.72. The summed E-state index contributed by atoms with van der Waals surface area (Å²) in [6.07, 6.45) is 0. The molecule has 0 aliphatic carbocycles. The Morgan fingerprint density at radius 3 is 2.65 bits per heavy atom. The summed E-state index contributed by atoms with van der Waals surface area (Å²) in [6.45, 7) is 3.63. The first-order chi connectivity index (χ1) is 8.13. The van der Waals surface area contributed by atoms with Crippen LogP contribution in [0.4, 0.5) is 5.69 Å². The molecule has 2 N–H and O–H groups in total. The van der Waals surface area contributed by atoms with Crippen molar-refractivity contribution in [1.29, 1.82) is 0 Å². The number of anilines is 1. The van der Waals surface area contributed by atoms with Crippen molar-refractivity contribution in [1.82, 2.24) is 4.90 Å². The minimum atomic E-state index is 0.808. The third-order valence-corrected chi connectivity index (χ3v) is 2.63. The van der Waals surface area contributed by atoms with Gasteiger partial charge in [0.2, 0.25) is 0 Å². The first kappa shape index (κ1) is 11.7. The summed E-state index contributed by atoms with van der Waals surface area (Å²) in [5, 5.41) is 0. The number of nitrogens with two attached hydrogens (primary N) is 1. The summed E-state index contributed by atoms with van der Waals surface area (Å²) in [5.74, 6) is 1.95. The van der Waals surface area contributed by atoms with Gasteiger partial charge in [-0.2, -0.15) is 0 Å². The van der Waals surface area contributed by atoms with Crippen molar-refractivity contribution in [3.8, 4) is 0 Å². The zero-order valence-electron chi connectivity index (χ0n) is 10.3. The maximum Gasteiger partial charge on any atom is 0.118 e. The molecular formula is C14H18N2O. The largest absolute Gasteiger partial charge is 0.465 e. The Morgan fingerprint density at radius 2 is 2.00 bits per heavy atom. The molecule has 3 heteroatoms. The summed E-state index contributed by atoms with van der Waals surface area (Å²) in [7, 11) is 2.07. The van der Waals surface area contributed by atoms with Crippen LogP contribution in [0.25, 0.3) is 0 Å². The van der Waals surface area contributed by atoms with Crippen LogP contribution >= 0.6 is 0 Å². The predicted molar refractivity (Wildman–Crippen MR) is 69.5 cm³/mol. The van der Waals surface area contributed by atoms with Gasteiger partial charge in [-0.3, -0.25) is 4.90 Å². The third kappa shape index (κ3) is 3.36. The van der Waals surface area contributed by atoms with Crippen LogP contribution in [-0.2, 0) is 13.1 Å². The monoisotopic (exact) mass is 230 g/mol. The molecule has 1 aromatic carbocycles. The Labute approximate surface area is 102 Å². The fourth-order valence-corrected chi connectivity index (χ4v) is 1.90. The van der Waals surface area contributed by atoms with E-state index in [-0.39, 0.29) is 0 Å². The molecule has 0 amide bonds. The van der Waals surface area contributed by atoms with Crippen molar-refractivity contribution < 1.29 is 4.42 Å². The summed E-state index contributed by atoms with van der Waals surface area (Å²) in [4.78, 5) is 2.20. The van der Waals surface area contributed by atoms with Gasteiger partial charge in [-0.25, -0.2) is 0 Å². The number of furan rings is 1. The lowest BCUT2D eigenvalue weighted by molar-refractivity contribution is 0.285. The van der Waals surface area contributed by atoms with Crippen molar-refractivity contribution in [2.75, 3.05) is 12.8 Å². The van der Waals surface area contributed by atoms with E-state index < -0.39 is 0 Å². The van der Waals surface area contributed by atoms with Gasteiger partial charge in [0.25, 0.3) is 0 Å². The average Bonchev–Trinajstić information content (AvgIpc) is 2.63. The van der Waals surface area contributed by atoms with E-state index in [4.69, 9.17) is 10.2 Å². The molecule has 0 unspecified atom stereocenters. The summed E-state index contributed by atoms with van der Waals surface area (Å²) in [6, 6.07) is 12.0. The highest BCUT2D eigenvalue weighted by atomic mass is 16.3. The van der Waals surface area contributed by atoms with Crippen LogP contribution in [0.3, 0.4) is 0 Å². The van der Waals surface area contributed by atoms with Crippen LogP contribution in [0.5, 0.6) is 0 Å². The Morgan fingerprint density at radius 1 is 1.18 bits per heavy atom. The molecule has 0 aliphatic heterocycles.